The molecule has 2 amide bonds. The van der Waals surface area contributed by atoms with E-state index < -0.39 is 0 Å². The van der Waals surface area contributed by atoms with E-state index in [4.69, 9.17) is 14.2 Å². The van der Waals surface area contributed by atoms with Gasteiger partial charge in [0.25, 0.3) is 11.8 Å². The van der Waals surface area contributed by atoms with E-state index in [2.05, 4.69) is 5.32 Å². The van der Waals surface area contributed by atoms with Gasteiger partial charge in [-0.3, -0.25) is 14.5 Å². The summed E-state index contributed by atoms with van der Waals surface area (Å²) in [5, 5.41) is 3.14. The van der Waals surface area contributed by atoms with Crippen LogP contribution in [0.1, 0.15) is 25.8 Å². The molecule has 0 spiro atoms. The Morgan fingerprint density at radius 1 is 0.935 bits per heavy atom. The molecular formula is C24H28N2O5. The van der Waals surface area contributed by atoms with E-state index in [1.165, 1.54) is 4.90 Å². The van der Waals surface area contributed by atoms with Gasteiger partial charge in [-0.1, -0.05) is 18.2 Å². The van der Waals surface area contributed by atoms with E-state index >= 15 is 0 Å². The maximum Gasteiger partial charge on any atom is 0.278 e. The highest BCUT2D eigenvalue weighted by Gasteiger charge is 2.38. The van der Waals surface area contributed by atoms with Crippen molar-refractivity contribution in [3.8, 4) is 11.5 Å². The molecule has 1 aliphatic rings. The molecule has 0 fully saturated rings. The minimum absolute atomic E-state index is 0.100. The summed E-state index contributed by atoms with van der Waals surface area (Å²) >= 11 is 0. The molecule has 0 unspecified atom stereocenters. The number of amides is 2. The molecule has 7 nitrogen and oxygen atoms in total. The average molecular weight is 424 g/mol. The van der Waals surface area contributed by atoms with Gasteiger partial charge < -0.3 is 19.5 Å². The summed E-state index contributed by atoms with van der Waals surface area (Å²) < 4.78 is 16.0. The van der Waals surface area contributed by atoms with Crippen molar-refractivity contribution in [1.29, 1.82) is 0 Å². The Balaban J connectivity index is 1.91. The topological polar surface area (TPSA) is 77.1 Å². The maximum atomic E-state index is 13.2. The lowest BCUT2D eigenvalue weighted by molar-refractivity contribution is -0.137. The lowest BCUT2D eigenvalue weighted by Crippen LogP contribution is -2.34. The number of hydrogen-bond donors (Lipinski definition) is 1. The Kier molecular flexibility index (Phi) is 7.31. The monoisotopic (exact) mass is 424 g/mol. The molecule has 0 saturated heterocycles. The smallest absolute Gasteiger partial charge is 0.278 e. The summed E-state index contributed by atoms with van der Waals surface area (Å²) in [4.78, 5) is 27.7. The van der Waals surface area contributed by atoms with E-state index in [9.17, 15) is 9.59 Å². The first-order valence-corrected chi connectivity index (χ1v) is 10.2. The first-order valence-electron chi connectivity index (χ1n) is 10.2. The number of methoxy groups -OCH3 is 2. The largest absolute Gasteiger partial charge is 0.497 e. The zero-order valence-corrected chi connectivity index (χ0v) is 18.3. The molecule has 164 valence electrons. The Morgan fingerprint density at radius 3 is 2.29 bits per heavy atom. The third-order valence-electron chi connectivity index (χ3n) is 4.86. The first-order chi connectivity index (χ1) is 14.9. The van der Waals surface area contributed by atoms with Gasteiger partial charge in [0.15, 0.2) is 0 Å². The van der Waals surface area contributed by atoms with Gasteiger partial charge in [0.1, 0.15) is 17.2 Å². The zero-order valence-electron chi connectivity index (χ0n) is 18.3. The SMILES string of the molecule is COc1ccc(C2=C(Nc3cccc(OC)c3)C(=O)N(CCCOC(C)C)C2=O)cc1. The fourth-order valence-corrected chi connectivity index (χ4v) is 3.31. The molecule has 1 aliphatic heterocycles. The highest BCUT2D eigenvalue weighted by atomic mass is 16.5. The van der Waals surface area contributed by atoms with Crippen LogP contribution in [0.15, 0.2) is 54.2 Å². The maximum absolute atomic E-state index is 13.2. The molecule has 0 bridgehead atoms. The van der Waals surface area contributed by atoms with Crippen LogP contribution < -0.4 is 14.8 Å². The molecule has 7 heteroatoms. The molecule has 0 radical (unpaired) electrons. The van der Waals surface area contributed by atoms with Crippen molar-refractivity contribution in [2.45, 2.75) is 26.4 Å². The number of benzene rings is 2. The molecule has 3 rings (SSSR count). The molecule has 1 heterocycles. The van der Waals surface area contributed by atoms with Crippen LogP contribution in [0.4, 0.5) is 5.69 Å². The van der Waals surface area contributed by atoms with Crippen molar-refractivity contribution in [2.24, 2.45) is 0 Å². The summed E-state index contributed by atoms with van der Waals surface area (Å²) in [6, 6.07) is 14.3. The summed E-state index contributed by atoms with van der Waals surface area (Å²) in [7, 11) is 3.15. The lowest BCUT2D eigenvalue weighted by atomic mass is 10.0. The van der Waals surface area contributed by atoms with Crippen LogP contribution in [0.2, 0.25) is 0 Å². The zero-order chi connectivity index (χ0) is 22.4. The Morgan fingerprint density at radius 2 is 1.65 bits per heavy atom. The number of nitrogens with one attached hydrogen (secondary N) is 1. The van der Waals surface area contributed by atoms with E-state index in [1.54, 1.807) is 44.6 Å². The predicted molar refractivity (Wildman–Crippen MR) is 119 cm³/mol. The molecule has 31 heavy (non-hydrogen) atoms. The Labute approximate surface area is 182 Å². The van der Waals surface area contributed by atoms with Gasteiger partial charge in [-0.15, -0.1) is 0 Å². The van der Waals surface area contributed by atoms with Crippen LogP contribution >= 0.6 is 0 Å². The van der Waals surface area contributed by atoms with Gasteiger partial charge in [0, 0.05) is 24.9 Å². The van der Waals surface area contributed by atoms with E-state index in [-0.39, 0.29) is 30.2 Å². The normalized spacial score (nSPS) is 13.9. The summed E-state index contributed by atoms with van der Waals surface area (Å²) in [6.07, 6.45) is 0.668. The highest BCUT2D eigenvalue weighted by Crippen LogP contribution is 2.32. The minimum atomic E-state index is -0.358. The van der Waals surface area contributed by atoms with Gasteiger partial charge in [0.2, 0.25) is 0 Å². The number of ether oxygens (including phenoxy) is 3. The Hall–Kier alpha value is -3.32. The number of hydrogen-bond acceptors (Lipinski definition) is 6. The number of imide groups is 1. The summed E-state index contributed by atoms with van der Waals surface area (Å²) in [6.45, 7) is 4.66. The van der Waals surface area contributed by atoms with Crippen molar-refractivity contribution in [3.63, 3.8) is 0 Å². The van der Waals surface area contributed by atoms with Crippen molar-refractivity contribution >= 4 is 23.1 Å². The standard InChI is InChI=1S/C24H28N2O5/c1-16(2)31-14-6-13-26-23(27)21(17-9-11-19(29-3)12-10-17)22(24(26)28)25-18-7-5-8-20(15-18)30-4/h5,7-12,15-16,25H,6,13-14H2,1-4H3. The van der Waals surface area contributed by atoms with Crippen molar-refractivity contribution < 1.29 is 23.8 Å². The van der Waals surface area contributed by atoms with Crippen LogP contribution in [-0.4, -0.2) is 50.2 Å². The molecule has 1 N–H and O–H groups in total. The van der Waals surface area contributed by atoms with Crippen molar-refractivity contribution in [1.82, 2.24) is 4.90 Å². The van der Waals surface area contributed by atoms with Crippen LogP contribution in [-0.2, 0) is 14.3 Å². The van der Waals surface area contributed by atoms with E-state index in [1.807, 2.05) is 32.0 Å². The molecule has 0 atom stereocenters. The number of carbonyl (C=O) groups is 2. The van der Waals surface area contributed by atoms with Crippen LogP contribution in [0.25, 0.3) is 5.57 Å². The number of rotatable bonds is 10. The Bertz CT molecular complexity index is 966. The van der Waals surface area contributed by atoms with E-state index in [0.29, 0.717) is 41.4 Å². The van der Waals surface area contributed by atoms with Gasteiger partial charge in [-0.05, 0) is 50.1 Å². The third kappa shape index (κ3) is 5.24. The van der Waals surface area contributed by atoms with Gasteiger partial charge in [-0.2, -0.15) is 0 Å². The number of anilines is 1. The second-order valence-corrected chi connectivity index (χ2v) is 7.37. The summed E-state index contributed by atoms with van der Waals surface area (Å²) in [5.74, 6) is 0.635. The fraction of sp³-hybridized carbons (Fsp3) is 0.333. The molecular weight excluding hydrogens is 396 g/mol. The molecule has 2 aromatic rings. The van der Waals surface area contributed by atoms with Crippen molar-refractivity contribution in [2.75, 3.05) is 32.7 Å². The first kappa shape index (κ1) is 22.4. The fourth-order valence-electron chi connectivity index (χ4n) is 3.31. The van der Waals surface area contributed by atoms with Crippen LogP contribution in [0.3, 0.4) is 0 Å². The van der Waals surface area contributed by atoms with E-state index in [0.717, 1.165) is 0 Å². The van der Waals surface area contributed by atoms with Crippen LogP contribution in [0.5, 0.6) is 11.5 Å². The number of carbonyl (C=O) groups excluding carboxylic acids is 2. The quantitative estimate of drug-likeness (QED) is 0.463. The minimum Gasteiger partial charge on any atom is -0.497 e. The second kappa shape index (κ2) is 10.1. The predicted octanol–water partition coefficient (Wildman–Crippen LogP) is 3.71. The molecule has 2 aromatic carbocycles. The van der Waals surface area contributed by atoms with Gasteiger partial charge >= 0.3 is 0 Å². The lowest BCUT2D eigenvalue weighted by Gasteiger charge is -2.16. The molecule has 0 aromatic heterocycles. The summed E-state index contributed by atoms with van der Waals surface area (Å²) in [5.41, 5.74) is 1.88. The molecule has 0 aliphatic carbocycles. The third-order valence-corrected chi connectivity index (χ3v) is 4.86. The van der Waals surface area contributed by atoms with Gasteiger partial charge in [0.05, 0.1) is 25.9 Å². The van der Waals surface area contributed by atoms with Gasteiger partial charge in [-0.25, -0.2) is 0 Å². The average Bonchev–Trinajstić information content (AvgIpc) is 3.00. The number of nitrogens with zero attached hydrogens (tertiary/aromatic N) is 1. The molecule has 0 saturated carbocycles. The highest BCUT2D eigenvalue weighted by molar-refractivity contribution is 6.36. The second-order valence-electron chi connectivity index (χ2n) is 7.37. The van der Waals surface area contributed by atoms with Crippen LogP contribution in [0, 0.1) is 0 Å². The van der Waals surface area contributed by atoms with Crippen molar-refractivity contribution in [3.05, 3.63) is 59.8 Å².